The van der Waals surface area contributed by atoms with Crippen LogP contribution in [0.1, 0.15) is 40.7 Å². The molecule has 0 bridgehead atoms. The minimum atomic E-state index is -4.65. The zero-order chi connectivity index (χ0) is 40.0. The summed E-state index contributed by atoms with van der Waals surface area (Å²) in [5.74, 6) is -0.0887. The summed E-state index contributed by atoms with van der Waals surface area (Å²) in [5.41, 5.74) is 2.63. The number of benzene rings is 5. The highest BCUT2D eigenvalue weighted by molar-refractivity contribution is 7.89. The van der Waals surface area contributed by atoms with Crippen molar-refractivity contribution in [1.82, 2.24) is 4.72 Å². The van der Waals surface area contributed by atoms with Gasteiger partial charge in [0.05, 0.1) is 34.8 Å². The molecule has 2 heterocycles. The lowest BCUT2D eigenvalue weighted by molar-refractivity contribution is -0.668. The second-order valence-electron chi connectivity index (χ2n) is 13.0. The first-order chi connectivity index (χ1) is 26.5. The maximum atomic E-state index is 12.9. The summed E-state index contributed by atoms with van der Waals surface area (Å²) in [5, 5.41) is 1.75. The van der Waals surface area contributed by atoms with Gasteiger partial charge in [-0.1, -0.05) is 67.6 Å². The van der Waals surface area contributed by atoms with Crippen molar-refractivity contribution in [3.63, 3.8) is 0 Å². The summed E-state index contributed by atoms with van der Waals surface area (Å²) in [6, 6.07) is 27.6. The predicted octanol–water partition coefficient (Wildman–Crippen LogP) is 5.84. The van der Waals surface area contributed by atoms with E-state index >= 15 is 0 Å². The zero-order valence-corrected chi connectivity index (χ0v) is 32.2. The van der Waals surface area contributed by atoms with Crippen molar-refractivity contribution in [1.29, 1.82) is 0 Å². The predicted molar refractivity (Wildman–Crippen MR) is 207 cm³/mol. The fourth-order valence-corrected chi connectivity index (χ4v) is 8.44. The van der Waals surface area contributed by atoms with Crippen molar-refractivity contribution < 1.29 is 52.9 Å². The second kappa shape index (κ2) is 14.7. The minimum absolute atomic E-state index is 0.00479. The van der Waals surface area contributed by atoms with Crippen LogP contribution in [0.5, 0.6) is 5.75 Å². The Kier molecular flexibility index (Phi) is 10.1. The van der Waals surface area contributed by atoms with Gasteiger partial charge in [0.2, 0.25) is 21.5 Å². The van der Waals surface area contributed by atoms with Gasteiger partial charge >= 0.3 is 5.89 Å². The lowest BCUT2D eigenvalue weighted by atomic mass is 10.1. The van der Waals surface area contributed by atoms with Crippen molar-refractivity contribution >= 4 is 69.8 Å². The van der Waals surface area contributed by atoms with Gasteiger partial charge in [0.15, 0.2) is 12.3 Å². The Bertz CT molecular complexity index is 2970. The number of allylic oxidation sites excluding steroid dienone is 2. The number of rotatable bonds is 11. The molecule has 6 aromatic rings. The third kappa shape index (κ3) is 7.93. The third-order valence-corrected chi connectivity index (χ3v) is 11.5. The second-order valence-corrected chi connectivity index (χ2v) is 17.5. The Labute approximate surface area is 322 Å². The number of anilines is 1. The number of nitrogens with one attached hydrogen (secondary N) is 1. The average Bonchev–Trinajstić information content (AvgIpc) is 3.66. The molecule has 1 aliphatic rings. The first-order valence-electron chi connectivity index (χ1n) is 17.0. The van der Waals surface area contributed by atoms with Crippen LogP contribution in [0.4, 0.5) is 5.69 Å². The van der Waals surface area contributed by atoms with Crippen LogP contribution in [0.25, 0.3) is 27.9 Å². The number of oxazole rings is 1. The SMILES string of the molecule is CCC(=Cc1oc2ccc3ccccc3c2[n+]1Cc1ccccc1S(=O)(=O)O)C=C1Oc2ccc(C(=O)NS(C)(=O)=O)cc2N1Cc1ccccc1S(=O)(=O)O. The number of nitrogens with zero attached hydrogens (tertiary/aromatic N) is 2. The van der Waals surface area contributed by atoms with Gasteiger partial charge in [-0.25, -0.2) is 13.1 Å². The molecule has 0 unspecified atom stereocenters. The maximum Gasteiger partial charge on any atom is 0.374 e. The van der Waals surface area contributed by atoms with Gasteiger partial charge in [-0.15, -0.1) is 0 Å². The molecular weight excluding hydrogens is 783 g/mol. The molecule has 0 fully saturated rings. The van der Waals surface area contributed by atoms with Crippen LogP contribution >= 0.6 is 0 Å². The number of carbonyl (C=O) groups is 1. The molecule has 288 valence electrons. The number of amides is 1. The van der Waals surface area contributed by atoms with E-state index in [1.165, 1.54) is 48.5 Å². The Morgan fingerprint density at radius 1 is 0.821 bits per heavy atom. The largest absolute Gasteiger partial charge is 0.439 e. The fraction of sp³-hybridized carbons (Fsp3) is 0.128. The van der Waals surface area contributed by atoms with E-state index < -0.39 is 36.2 Å². The normalized spacial score (nSPS) is 14.3. The van der Waals surface area contributed by atoms with E-state index in [2.05, 4.69) is 0 Å². The van der Waals surface area contributed by atoms with Crippen molar-refractivity contribution in [2.75, 3.05) is 11.2 Å². The first-order valence-corrected chi connectivity index (χ1v) is 21.8. The molecule has 0 spiro atoms. The van der Waals surface area contributed by atoms with Crippen molar-refractivity contribution in [2.45, 2.75) is 36.2 Å². The highest BCUT2D eigenvalue weighted by Crippen LogP contribution is 2.42. The molecule has 1 aromatic heterocycles. The van der Waals surface area contributed by atoms with Gasteiger partial charge in [0.25, 0.3) is 31.7 Å². The lowest BCUT2D eigenvalue weighted by Gasteiger charge is -2.20. The number of ether oxygens (including phenoxy) is 1. The molecule has 7 rings (SSSR count). The van der Waals surface area contributed by atoms with E-state index in [0.717, 1.165) is 17.0 Å². The van der Waals surface area contributed by atoms with Crippen LogP contribution in [0.2, 0.25) is 0 Å². The number of sulfonamides is 1. The molecule has 56 heavy (non-hydrogen) atoms. The van der Waals surface area contributed by atoms with E-state index in [-0.39, 0.29) is 45.6 Å². The number of hydrogen-bond acceptors (Lipinski definition) is 10. The van der Waals surface area contributed by atoms with E-state index in [9.17, 15) is 39.2 Å². The minimum Gasteiger partial charge on any atom is -0.439 e. The molecule has 5 aromatic carbocycles. The highest BCUT2D eigenvalue weighted by Gasteiger charge is 2.31. The molecule has 14 nitrogen and oxygen atoms in total. The number of carbonyl (C=O) groups excluding carboxylic acids is 1. The summed E-state index contributed by atoms with van der Waals surface area (Å²) < 4.78 is 110. The van der Waals surface area contributed by atoms with Crippen molar-refractivity contribution in [3.05, 3.63) is 143 Å². The highest BCUT2D eigenvalue weighted by atomic mass is 32.2. The summed E-state index contributed by atoms with van der Waals surface area (Å²) >= 11 is 0. The van der Waals surface area contributed by atoms with Crippen LogP contribution in [0.15, 0.2) is 135 Å². The van der Waals surface area contributed by atoms with Gasteiger partial charge in [-0.05, 0) is 65.4 Å². The first kappa shape index (κ1) is 38.4. The Morgan fingerprint density at radius 2 is 1.46 bits per heavy atom. The van der Waals surface area contributed by atoms with Gasteiger partial charge in [0.1, 0.15) is 4.90 Å². The third-order valence-electron chi connectivity index (χ3n) is 9.07. The van der Waals surface area contributed by atoms with Crippen LogP contribution in [0.3, 0.4) is 0 Å². The standard InChI is InChI=1S/C39H33N3O11S3/c1-3-25(21-37-42(24-29-12-6-9-15-35(29)56(49,50)51)38-30-13-7-4-10-26(30)16-19-33(38)53-37)20-36-41(23-28-11-5-8-14-34(28)55(46,47)48)31-22-27(17-18-32(31)52-36)39(43)40-54(2,44)45/h4-22H,3,23-24H2,1-2H3,(H2-,40,43,46,47,48,49,50,51)/p+1. The molecule has 0 saturated heterocycles. The molecular formula is C39H34N3O11S3+. The summed E-state index contributed by atoms with van der Waals surface area (Å²) in [7, 11) is -13.1. The molecule has 0 atom stereocenters. The summed E-state index contributed by atoms with van der Waals surface area (Å²) in [6.07, 6.45) is 4.69. The van der Waals surface area contributed by atoms with Crippen LogP contribution < -0.4 is 18.9 Å². The van der Waals surface area contributed by atoms with Crippen molar-refractivity contribution in [2.24, 2.45) is 0 Å². The van der Waals surface area contributed by atoms with Gasteiger partial charge in [-0.2, -0.15) is 21.4 Å². The monoisotopic (exact) mass is 816 g/mol. The maximum absolute atomic E-state index is 12.9. The summed E-state index contributed by atoms with van der Waals surface area (Å²) in [6.45, 7) is 1.72. The number of aromatic nitrogens is 1. The molecule has 1 aliphatic heterocycles. The Hall–Kier alpha value is -5.85. The van der Waals surface area contributed by atoms with Gasteiger partial charge in [0, 0.05) is 17.2 Å². The van der Waals surface area contributed by atoms with Gasteiger partial charge < -0.3 is 14.1 Å². The van der Waals surface area contributed by atoms with Crippen LogP contribution in [0, 0.1) is 0 Å². The van der Waals surface area contributed by atoms with Gasteiger partial charge in [-0.3, -0.25) is 13.9 Å². The lowest BCUT2D eigenvalue weighted by Crippen LogP contribution is -2.36. The number of fused-ring (bicyclic) bond motifs is 4. The van der Waals surface area contributed by atoms with Crippen molar-refractivity contribution in [3.8, 4) is 5.75 Å². The Balaban J connectivity index is 1.39. The van der Waals surface area contributed by atoms with Crippen LogP contribution in [-0.2, 0) is 43.3 Å². The van der Waals surface area contributed by atoms with Crippen LogP contribution in [-0.4, -0.2) is 46.5 Å². The zero-order valence-electron chi connectivity index (χ0n) is 29.8. The van der Waals surface area contributed by atoms with E-state index in [0.29, 0.717) is 40.2 Å². The molecule has 0 aliphatic carbocycles. The average molecular weight is 817 g/mol. The number of hydrogen-bond donors (Lipinski definition) is 3. The smallest absolute Gasteiger partial charge is 0.374 e. The summed E-state index contributed by atoms with van der Waals surface area (Å²) in [4.78, 5) is 13.9. The fourth-order valence-electron chi connectivity index (χ4n) is 6.55. The Morgan fingerprint density at radius 3 is 2.14 bits per heavy atom. The molecule has 3 N–H and O–H groups in total. The quantitative estimate of drug-likeness (QED) is 0.104. The molecule has 0 saturated carbocycles. The molecule has 0 radical (unpaired) electrons. The molecule has 1 amide bonds. The molecule has 17 heteroatoms. The topological polar surface area (TPSA) is 201 Å². The van der Waals surface area contributed by atoms with E-state index in [1.54, 1.807) is 35.3 Å². The van der Waals surface area contributed by atoms with E-state index in [4.69, 9.17) is 9.15 Å². The van der Waals surface area contributed by atoms with E-state index in [1.807, 2.05) is 52.6 Å².